The molecule has 0 atom stereocenters. The zero-order valence-electron chi connectivity index (χ0n) is 12.4. The van der Waals surface area contributed by atoms with Crippen molar-refractivity contribution in [2.75, 3.05) is 7.11 Å². The van der Waals surface area contributed by atoms with Crippen molar-refractivity contribution in [3.8, 4) is 5.75 Å². The number of ether oxygens (including phenoxy) is 1. The fourth-order valence-electron chi connectivity index (χ4n) is 2.33. The van der Waals surface area contributed by atoms with Crippen LogP contribution in [0.3, 0.4) is 0 Å². The van der Waals surface area contributed by atoms with Gasteiger partial charge in [0.1, 0.15) is 11.4 Å². The third-order valence-corrected chi connectivity index (χ3v) is 3.97. The molecule has 1 heterocycles. The molecule has 2 rings (SSSR count). The van der Waals surface area contributed by atoms with Gasteiger partial charge in [0.2, 0.25) is 0 Å². The molecule has 0 aliphatic carbocycles. The molecule has 21 heavy (non-hydrogen) atoms. The van der Waals surface area contributed by atoms with Crippen LogP contribution in [0.15, 0.2) is 30.5 Å². The zero-order valence-corrected chi connectivity index (χ0v) is 13.2. The maximum Gasteiger partial charge on any atom is 0.178 e. The minimum absolute atomic E-state index is 0.0153. The summed E-state index contributed by atoms with van der Waals surface area (Å²) in [7, 11) is 1.64. The molecule has 0 N–H and O–H groups in total. The molecule has 0 spiro atoms. The smallest absolute Gasteiger partial charge is 0.178 e. The average molecular weight is 304 g/mol. The monoisotopic (exact) mass is 303 g/mol. The minimum Gasteiger partial charge on any atom is -0.497 e. The van der Waals surface area contributed by atoms with E-state index in [0.717, 1.165) is 40.3 Å². The van der Waals surface area contributed by atoms with Crippen molar-refractivity contribution >= 4 is 17.4 Å². The number of aryl methyl sites for hydroxylation is 3. The first-order valence-corrected chi connectivity index (χ1v) is 7.18. The van der Waals surface area contributed by atoms with Crippen LogP contribution < -0.4 is 4.74 Å². The Morgan fingerprint density at radius 2 is 2.00 bits per heavy atom. The van der Waals surface area contributed by atoms with E-state index < -0.39 is 0 Å². The number of hydrogen-bond donors (Lipinski definition) is 0. The molecule has 3 nitrogen and oxygen atoms in total. The molecule has 0 aliphatic heterocycles. The second-order valence-electron chi connectivity index (χ2n) is 4.98. The predicted octanol–water partition coefficient (Wildman–Crippen LogP) is 4.04. The molecule has 0 amide bonds. The molecular formula is C17H18ClNO2. The number of pyridine rings is 1. The molecule has 0 bridgehead atoms. The Morgan fingerprint density at radius 1 is 1.29 bits per heavy atom. The molecule has 0 radical (unpaired) electrons. The van der Waals surface area contributed by atoms with E-state index in [1.807, 2.05) is 31.2 Å². The van der Waals surface area contributed by atoms with E-state index in [0.29, 0.717) is 5.69 Å². The Labute approximate surface area is 129 Å². The summed E-state index contributed by atoms with van der Waals surface area (Å²) in [6.45, 7) is 3.49. The molecule has 0 fully saturated rings. The van der Waals surface area contributed by atoms with Gasteiger partial charge in [-0.3, -0.25) is 9.78 Å². The first kappa shape index (κ1) is 15.5. The zero-order chi connectivity index (χ0) is 15.4. The van der Waals surface area contributed by atoms with Crippen LogP contribution >= 0.6 is 11.6 Å². The van der Waals surface area contributed by atoms with E-state index >= 15 is 0 Å². The molecular weight excluding hydrogens is 286 g/mol. The Hall–Kier alpha value is -1.87. The average Bonchev–Trinajstić information content (AvgIpc) is 2.48. The summed E-state index contributed by atoms with van der Waals surface area (Å²) in [4.78, 5) is 15.7. The summed E-state index contributed by atoms with van der Waals surface area (Å²) in [5.41, 5.74) is 3.49. The normalized spacial score (nSPS) is 10.5. The maximum absolute atomic E-state index is 11.6. The van der Waals surface area contributed by atoms with Crippen molar-refractivity contribution < 1.29 is 9.53 Å². The van der Waals surface area contributed by atoms with Gasteiger partial charge in [0.05, 0.1) is 7.11 Å². The van der Waals surface area contributed by atoms with E-state index in [2.05, 4.69) is 4.98 Å². The lowest BCUT2D eigenvalue weighted by molar-refractivity contribution is 0.101. The van der Waals surface area contributed by atoms with Gasteiger partial charge in [-0.2, -0.15) is 0 Å². The number of benzene rings is 1. The fourth-order valence-corrected chi connectivity index (χ4v) is 2.54. The fraction of sp³-hybridized carbons (Fsp3) is 0.294. The minimum atomic E-state index is -0.0153. The van der Waals surface area contributed by atoms with Gasteiger partial charge >= 0.3 is 0 Å². The summed E-state index contributed by atoms with van der Waals surface area (Å²) in [5, 5.41) is 0.754. The van der Waals surface area contributed by atoms with Gasteiger partial charge in [-0.25, -0.2) is 0 Å². The second-order valence-corrected chi connectivity index (χ2v) is 5.36. The van der Waals surface area contributed by atoms with Crippen LogP contribution in [0.2, 0.25) is 5.02 Å². The van der Waals surface area contributed by atoms with Crippen LogP contribution in [-0.2, 0) is 12.8 Å². The van der Waals surface area contributed by atoms with Crippen LogP contribution in [0, 0.1) is 6.92 Å². The van der Waals surface area contributed by atoms with Gasteiger partial charge in [0.15, 0.2) is 5.78 Å². The van der Waals surface area contributed by atoms with E-state index in [1.165, 1.54) is 6.92 Å². The first-order valence-electron chi connectivity index (χ1n) is 6.80. The van der Waals surface area contributed by atoms with Crippen molar-refractivity contribution in [2.45, 2.75) is 26.7 Å². The Balaban J connectivity index is 2.25. The van der Waals surface area contributed by atoms with Crippen LogP contribution in [-0.4, -0.2) is 17.9 Å². The highest BCUT2D eigenvalue weighted by molar-refractivity contribution is 6.32. The highest BCUT2D eigenvalue weighted by Crippen LogP contribution is 2.27. The molecule has 0 saturated heterocycles. The van der Waals surface area contributed by atoms with Gasteiger partial charge in [-0.15, -0.1) is 0 Å². The third kappa shape index (κ3) is 3.61. The molecule has 0 saturated carbocycles. The Morgan fingerprint density at radius 3 is 2.67 bits per heavy atom. The van der Waals surface area contributed by atoms with Crippen molar-refractivity contribution in [3.63, 3.8) is 0 Å². The Kier molecular flexibility index (Phi) is 4.97. The van der Waals surface area contributed by atoms with Gasteiger partial charge in [0, 0.05) is 18.1 Å². The van der Waals surface area contributed by atoms with Crippen LogP contribution in [0.5, 0.6) is 5.75 Å². The Bertz CT molecular complexity index is 668. The highest BCUT2D eigenvalue weighted by atomic mass is 35.5. The SMILES string of the molecule is COc1cc(C)c(Cl)c(CCc2cccnc2C(C)=O)c1. The topological polar surface area (TPSA) is 39.2 Å². The third-order valence-electron chi connectivity index (χ3n) is 3.43. The quantitative estimate of drug-likeness (QED) is 0.783. The summed E-state index contributed by atoms with van der Waals surface area (Å²) >= 11 is 6.35. The summed E-state index contributed by atoms with van der Waals surface area (Å²) in [5.74, 6) is 0.781. The lowest BCUT2D eigenvalue weighted by Gasteiger charge is -2.11. The van der Waals surface area contributed by atoms with E-state index in [9.17, 15) is 4.79 Å². The van der Waals surface area contributed by atoms with Gasteiger partial charge in [-0.05, 0) is 54.7 Å². The number of carbonyl (C=O) groups is 1. The van der Waals surface area contributed by atoms with Crippen molar-refractivity contribution in [3.05, 3.63) is 57.9 Å². The first-order chi connectivity index (χ1) is 10.0. The van der Waals surface area contributed by atoms with Crippen molar-refractivity contribution in [1.29, 1.82) is 0 Å². The molecule has 0 aliphatic rings. The number of carbonyl (C=O) groups excluding carboxylic acids is 1. The number of methoxy groups -OCH3 is 1. The second kappa shape index (κ2) is 6.72. The number of nitrogens with zero attached hydrogens (tertiary/aromatic N) is 1. The lowest BCUT2D eigenvalue weighted by Crippen LogP contribution is -2.04. The molecule has 110 valence electrons. The van der Waals surface area contributed by atoms with Crippen molar-refractivity contribution in [1.82, 2.24) is 4.98 Å². The lowest BCUT2D eigenvalue weighted by atomic mass is 10.0. The summed E-state index contributed by atoms with van der Waals surface area (Å²) in [6, 6.07) is 7.64. The van der Waals surface area contributed by atoms with Crippen LogP contribution in [0.25, 0.3) is 0 Å². The number of ketones is 1. The number of rotatable bonds is 5. The standard InChI is InChI=1S/C17H18ClNO2/c1-11-9-15(21-3)10-14(16(11)18)7-6-13-5-4-8-19-17(13)12(2)20/h4-5,8-10H,6-7H2,1-3H3. The van der Waals surface area contributed by atoms with Gasteiger partial charge < -0.3 is 4.74 Å². The molecule has 1 aromatic heterocycles. The maximum atomic E-state index is 11.6. The molecule has 0 unspecified atom stereocenters. The summed E-state index contributed by atoms with van der Waals surface area (Å²) in [6.07, 6.45) is 3.10. The van der Waals surface area contributed by atoms with Crippen LogP contribution in [0.1, 0.15) is 34.1 Å². The van der Waals surface area contributed by atoms with E-state index in [4.69, 9.17) is 16.3 Å². The van der Waals surface area contributed by atoms with E-state index in [1.54, 1.807) is 13.3 Å². The predicted molar refractivity (Wildman–Crippen MR) is 84.4 cm³/mol. The molecule has 2 aromatic rings. The molecule has 4 heteroatoms. The number of aromatic nitrogens is 1. The van der Waals surface area contributed by atoms with Gasteiger partial charge in [-0.1, -0.05) is 17.7 Å². The molecule has 1 aromatic carbocycles. The number of halogens is 1. The summed E-state index contributed by atoms with van der Waals surface area (Å²) < 4.78 is 5.28. The largest absolute Gasteiger partial charge is 0.497 e. The van der Waals surface area contributed by atoms with Crippen molar-refractivity contribution in [2.24, 2.45) is 0 Å². The number of hydrogen-bond acceptors (Lipinski definition) is 3. The number of Topliss-reactive ketones (excluding diaryl/α,β-unsaturated/α-hetero) is 1. The highest BCUT2D eigenvalue weighted by Gasteiger charge is 2.11. The van der Waals surface area contributed by atoms with E-state index in [-0.39, 0.29) is 5.78 Å². The van der Waals surface area contributed by atoms with Gasteiger partial charge in [0.25, 0.3) is 0 Å². The van der Waals surface area contributed by atoms with Crippen LogP contribution in [0.4, 0.5) is 0 Å².